The monoisotopic (exact) mass is 286 g/mol. The van der Waals surface area contributed by atoms with Crippen LogP contribution >= 0.6 is 0 Å². The number of hydrogen-bond donors (Lipinski definition) is 4. The second kappa shape index (κ2) is 8.62. The summed E-state index contributed by atoms with van der Waals surface area (Å²) in [6.45, 7) is 1.38. The number of aliphatic hydroxyl groups excluding tert-OH is 2. The molecule has 0 aliphatic heterocycles. The molecule has 4 N–H and O–H groups in total. The maximum atomic E-state index is 10.4. The van der Waals surface area contributed by atoms with Crippen LogP contribution in [0.15, 0.2) is 30.3 Å². The molecule has 2 atom stereocenters. The van der Waals surface area contributed by atoms with Crippen molar-refractivity contribution in [2.45, 2.75) is 19.1 Å². The predicted octanol–water partition coefficient (Wildman–Crippen LogP) is -0.511. The van der Waals surface area contributed by atoms with E-state index < -0.39 is 24.1 Å². The fraction of sp³-hybridized carbons (Fsp3) is 0.250. The Kier molecular flexibility index (Phi) is 7.56. The molecule has 0 heterocycles. The Morgan fingerprint density at radius 1 is 0.950 bits per heavy atom. The highest BCUT2D eigenvalue weighted by molar-refractivity contribution is 5.83. The van der Waals surface area contributed by atoms with E-state index in [0.29, 0.717) is 5.75 Å². The molecule has 0 unspecified atom stereocenters. The van der Waals surface area contributed by atoms with Crippen LogP contribution < -0.4 is 4.74 Å². The van der Waals surface area contributed by atoms with Crippen LogP contribution in [0.4, 0.5) is 0 Å². The summed E-state index contributed by atoms with van der Waals surface area (Å²) < 4.78 is 4.78. The molecule has 0 bridgehead atoms. The highest BCUT2D eigenvalue weighted by atomic mass is 16.5. The summed E-state index contributed by atoms with van der Waals surface area (Å²) >= 11 is 0. The van der Waals surface area contributed by atoms with Gasteiger partial charge >= 0.3 is 17.9 Å². The zero-order chi connectivity index (χ0) is 15.7. The van der Waals surface area contributed by atoms with Crippen LogP contribution in [0.5, 0.6) is 5.75 Å². The second-order valence-electron chi connectivity index (χ2n) is 3.47. The molecule has 1 aromatic rings. The largest absolute Gasteiger partial charge is 0.479 e. The molecule has 0 aliphatic rings. The lowest BCUT2D eigenvalue weighted by Crippen LogP contribution is -2.39. The summed E-state index contributed by atoms with van der Waals surface area (Å²) in [6, 6.07) is 8.98. The number of aliphatic hydroxyl groups is 2. The van der Waals surface area contributed by atoms with Crippen LogP contribution in [0.25, 0.3) is 0 Å². The van der Waals surface area contributed by atoms with Crippen molar-refractivity contribution in [3.05, 3.63) is 30.3 Å². The van der Waals surface area contributed by atoms with Gasteiger partial charge in [0.2, 0.25) is 0 Å². The number of hydrogen-bond acceptors (Lipinski definition) is 6. The van der Waals surface area contributed by atoms with Gasteiger partial charge in [0.05, 0.1) is 0 Å². The first-order valence-electron chi connectivity index (χ1n) is 5.31. The Morgan fingerprint density at radius 3 is 1.65 bits per heavy atom. The van der Waals surface area contributed by atoms with Gasteiger partial charge in [-0.2, -0.15) is 0 Å². The van der Waals surface area contributed by atoms with Gasteiger partial charge in [-0.15, -0.1) is 0 Å². The molecule has 0 saturated carbocycles. The van der Waals surface area contributed by atoms with Crippen molar-refractivity contribution in [3.8, 4) is 5.75 Å². The summed E-state index contributed by atoms with van der Waals surface area (Å²) in [4.78, 5) is 29.9. The van der Waals surface area contributed by atoms with Crippen LogP contribution in [0, 0.1) is 0 Å². The molecule has 0 amide bonds. The number of carboxylic acids is 2. The molecule has 8 nitrogen and oxygen atoms in total. The van der Waals surface area contributed by atoms with Crippen molar-refractivity contribution in [1.29, 1.82) is 0 Å². The van der Waals surface area contributed by atoms with Crippen LogP contribution in [0.1, 0.15) is 6.92 Å². The van der Waals surface area contributed by atoms with E-state index in [2.05, 4.69) is 0 Å². The summed E-state index contributed by atoms with van der Waals surface area (Å²) in [6.07, 6.45) is -4.53. The lowest BCUT2D eigenvalue weighted by Gasteiger charge is -2.07. The van der Waals surface area contributed by atoms with Crippen molar-refractivity contribution < 1.29 is 39.5 Å². The van der Waals surface area contributed by atoms with Crippen LogP contribution in [-0.4, -0.2) is 50.5 Å². The normalized spacial score (nSPS) is 12.3. The van der Waals surface area contributed by atoms with E-state index >= 15 is 0 Å². The molecule has 110 valence electrons. The minimum absolute atomic E-state index is 0.286. The van der Waals surface area contributed by atoms with Crippen molar-refractivity contribution >= 4 is 17.9 Å². The Hall–Kier alpha value is -2.45. The Morgan fingerprint density at radius 2 is 1.35 bits per heavy atom. The maximum absolute atomic E-state index is 10.4. The summed E-state index contributed by atoms with van der Waals surface area (Å²) in [5.41, 5.74) is 0. The standard InChI is InChI=1S/C8H8O2.C4H6O6/c1-7(9)10-8-5-3-2-4-6-8;5-1(3(7)8)2(6)4(9)10/h2-6H,1H3;1-2,5-6H,(H,7,8)(H,9,10)/t;1-,2-/m.1/s1. The lowest BCUT2D eigenvalue weighted by molar-refractivity contribution is -0.165. The van der Waals surface area contributed by atoms with Gasteiger partial charge in [0.15, 0.2) is 12.2 Å². The van der Waals surface area contributed by atoms with E-state index in [1.165, 1.54) is 6.92 Å². The number of carboxylic acid groups (broad SMARTS) is 2. The number of rotatable bonds is 4. The van der Waals surface area contributed by atoms with Crippen LogP contribution in [-0.2, 0) is 14.4 Å². The topological polar surface area (TPSA) is 141 Å². The van der Waals surface area contributed by atoms with Gasteiger partial charge in [0.1, 0.15) is 5.75 Å². The zero-order valence-corrected chi connectivity index (χ0v) is 10.5. The second-order valence-corrected chi connectivity index (χ2v) is 3.47. The minimum Gasteiger partial charge on any atom is -0.479 e. The van der Waals surface area contributed by atoms with Crippen molar-refractivity contribution in [3.63, 3.8) is 0 Å². The molecule has 1 rings (SSSR count). The Bertz CT molecular complexity index is 438. The smallest absolute Gasteiger partial charge is 0.335 e. The average Bonchev–Trinajstić information content (AvgIpc) is 2.38. The highest BCUT2D eigenvalue weighted by Gasteiger charge is 2.29. The number of carbonyl (C=O) groups excluding carboxylic acids is 1. The van der Waals surface area contributed by atoms with E-state index in [4.69, 9.17) is 25.2 Å². The molecule has 20 heavy (non-hydrogen) atoms. The van der Waals surface area contributed by atoms with Gasteiger partial charge in [-0.25, -0.2) is 9.59 Å². The first-order valence-corrected chi connectivity index (χ1v) is 5.31. The maximum Gasteiger partial charge on any atom is 0.335 e. The number of aliphatic carboxylic acids is 2. The van der Waals surface area contributed by atoms with Crippen molar-refractivity contribution in [1.82, 2.24) is 0 Å². The van der Waals surface area contributed by atoms with Gasteiger partial charge < -0.3 is 25.2 Å². The van der Waals surface area contributed by atoms with Gasteiger partial charge in [0, 0.05) is 6.92 Å². The fourth-order valence-electron chi connectivity index (χ4n) is 0.925. The lowest BCUT2D eigenvalue weighted by atomic mass is 10.2. The molecule has 0 saturated heterocycles. The number of ether oxygens (including phenoxy) is 1. The fourth-order valence-corrected chi connectivity index (χ4v) is 0.925. The van der Waals surface area contributed by atoms with Crippen LogP contribution in [0.2, 0.25) is 0 Å². The molecule has 1 aromatic carbocycles. The van der Waals surface area contributed by atoms with Crippen molar-refractivity contribution in [2.75, 3.05) is 0 Å². The van der Waals surface area contributed by atoms with Gasteiger partial charge in [-0.1, -0.05) is 18.2 Å². The van der Waals surface area contributed by atoms with E-state index in [1.807, 2.05) is 18.2 Å². The Labute approximate surface area is 113 Å². The molecule has 0 aliphatic carbocycles. The number of carbonyl (C=O) groups is 3. The van der Waals surface area contributed by atoms with E-state index in [-0.39, 0.29) is 5.97 Å². The first kappa shape index (κ1) is 17.6. The Balaban J connectivity index is 0.000000361. The molecule has 0 aromatic heterocycles. The highest BCUT2D eigenvalue weighted by Crippen LogP contribution is 2.07. The van der Waals surface area contributed by atoms with Gasteiger partial charge in [0.25, 0.3) is 0 Å². The molecular weight excluding hydrogens is 272 g/mol. The zero-order valence-electron chi connectivity index (χ0n) is 10.5. The third-order valence-electron chi connectivity index (χ3n) is 1.81. The number of para-hydroxylation sites is 1. The molecule has 0 spiro atoms. The van der Waals surface area contributed by atoms with Crippen LogP contribution in [0.3, 0.4) is 0 Å². The summed E-state index contributed by atoms with van der Waals surface area (Å²) in [7, 11) is 0. The summed E-state index contributed by atoms with van der Waals surface area (Å²) in [5.74, 6) is -3.23. The number of benzene rings is 1. The quantitative estimate of drug-likeness (QED) is 0.428. The number of esters is 1. The van der Waals surface area contributed by atoms with E-state index in [9.17, 15) is 14.4 Å². The molecular formula is C12H14O8. The first-order chi connectivity index (χ1) is 9.25. The van der Waals surface area contributed by atoms with E-state index in [1.54, 1.807) is 12.1 Å². The van der Waals surface area contributed by atoms with E-state index in [0.717, 1.165) is 0 Å². The molecule has 0 fully saturated rings. The summed E-state index contributed by atoms with van der Waals surface area (Å²) in [5, 5.41) is 32.5. The third-order valence-corrected chi connectivity index (χ3v) is 1.81. The van der Waals surface area contributed by atoms with Gasteiger partial charge in [-0.05, 0) is 12.1 Å². The average molecular weight is 286 g/mol. The third kappa shape index (κ3) is 7.09. The predicted molar refractivity (Wildman–Crippen MR) is 65.0 cm³/mol. The molecule has 0 radical (unpaired) electrons. The van der Waals surface area contributed by atoms with Gasteiger partial charge in [-0.3, -0.25) is 4.79 Å². The SMILES string of the molecule is CC(=O)Oc1ccccc1.O=C(O)[C@H](O)[C@@H](O)C(=O)O. The van der Waals surface area contributed by atoms with Crippen molar-refractivity contribution in [2.24, 2.45) is 0 Å². The minimum atomic E-state index is -2.27. The molecule has 8 heteroatoms.